The van der Waals surface area contributed by atoms with Crippen LogP contribution >= 0.6 is 0 Å². The van der Waals surface area contributed by atoms with Gasteiger partial charge < -0.3 is 19.5 Å². The smallest absolute Gasteiger partial charge is 0.252 e. The van der Waals surface area contributed by atoms with E-state index in [9.17, 15) is 13.2 Å². The Morgan fingerprint density at radius 3 is 2.56 bits per heavy atom. The largest absolute Gasteiger partial charge is 0.497 e. The summed E-state index contributed by atoms with van der Waals surface area (Å²) >= 11 is 0. The van der Waals surface area contributed by atoms with Gasteiger partial charge >= 0.3 is 0 Å². The van der Waals surface area contributed by atoms with Crippen molar-refractivity contribution < 1.29 is 27.4 Å². The van der Waals surface area contributed by atoms with Crippen molar-refractivity contribution in [2.24, 2.45) is 0 Å². The number of hydrogen-bond donors (Lipinski definition) is 1. The zero-order chi connectivity index (χ0) is 19.9. The average molecular weight is 394 g/mol. The lowest BCUT2D eigenvalue weighted by Crippen LogP contribution is -2.27. The van der Waals surface area contributed by atoms with Crippen LogP contribution in [0.2, 0.25) is 0 Å². The fourth-order valence-corrected chi connectivity index (χ4v) is 3.89. The second-order valence-corrected chi connectivity index (χ2v) is 7.56. The lowest BCUT2D eigenvalue weighted by Gasteiger charge is -2.12. The molecule has 2 rings (SSSR count). The number of carbonyl (C=O) groups is 1. The molecule has 2 aromatic rings. The Hall–Kier alpha value is -2.65. The number of carbonyl (C=O) groups excluding carboxylic acids is 1. The summed E-state index contributed by atoms with van der Waals surface area (Å²) in [4.78, 5) is 16.1. The summed E-state index contributed by atoms with van der Waals surface area (Å²) in [5.74, 6) is -0.0586. The molecule has 0 bridgehead atoms. The lowest BCUT2D eigenvalue weighted by molar-refractivity contribution is 0.0936. The molecule has 0 spiro atoms. The molecular weight excluding hydrogens is 372 g/mol. The molecule has 0 unspecified atom stereocenters. The maximum atomic E-state index is 12.9. The summed E-state index contributed by atoms with van der Waals surface area (Å²) in [5.41, 5.74) is 0.663. The monoisotopic (exact) mass is 394 g/mol. The number of nitrogens with one attached hydrogen (secondary N) is 1. The summed E-state index contributed by atoms with van der Waals surface area (Å²) in [7, 11) is 0.633. The Bertz CT molecular complexity index is 898. The first-order chi connectivity index (χ1) is 12.9. The Morgan fingerprint density at radius 2 is 1.89 bits per heavy atom. The molecule has 0 aliphatic carbocycles. The second-order valence-electron chi connectivity index (χ2n) is 5.61. The number of aromatic nitrogens is 1. The van der Waals surface area contributed by atoms with Gasteiger partial charge in [-0.2, -0.15) is 0 Å². The predicted molar refractivity (Wildman–Crippen MR) is 98.9 cm³/mol. The Kier molecular flexibility index (Phi) is 7.14. The van der Waals surface area contributed by atoms with Crippen molar-refractivity contribution in [2.45, 2.75) is 10.6 Å². The molecule has 27 heavy (non-hydrogen) atoms. The minimum Gasteiger partial charge on any atom is -0.497 e. The van der Waals surface area contributed by atoms with Crippen molar-refractivity contribution in [1.29, 1.82) is 0 Å². The highest BCUT2D eigenvalue weighted by molar-refractivity contribution is 7.90. The first kappa shape index (κ1) is 20.7. The summed E-state index contributed by atoms with van der Waals surface area (Å²) in [6, 6.07) is 6.05. The van der Waals surface area contributed by atoms with Crippen molar-refractivity contribution in [1.82, 2.24) is 10.3 Å². The molecule has 1 amide bonds. The van der Waals surface area contributed by atoms with E-state index in [1.165, 1.54) is 51.9 Å². The van der Waals surface area contributed by atoms with Crippen LogP contribution in [0.1, 0.15) is 15.9 Å². The highest BCUT2D eigenvalue weighted by Gasteiger charge is 2.22. The molecule has 0 saturated carbocycles. The van der Waals surface area contributed by atoms with Crippen LogP contribution in [0.4, 0.5) is 0 Å². The van der Waals surface area contributed by atoms with Crippen LogP contribution in [-0.2, 0) is 20.3 Å². The molecule has 0 atom stereocenters. The fraction of sp³-hybridized carbons (Fsp3) is 0.333. The fourth-order valence-electron chi connectivity index (χ4n) is 2.38. The SMILES string of the molecule is COCCNC(=O)c1cncc(CS(=O)(=O)c2cc(OC)ccc2OC)c1. The van der Waals surface area contributed by atoms with E-state index < -0.39 is 9.84 Å². The van der Waals surface area contributed by atoms with Crippen LogP contribution in [0.15, 0.2) is 41.6 Å². The van der Waals surface area contributed by atoms with Crippen molar-refractivity contribution in [2.75, 3.05) is 34.5 Å². The van der Waals surface area contributed by atoms with Crippen molar-refractivity contribution in [3.63, 3.8) is 0 Å². The van der Waals surface area contributed by atoms with Crippen molar-refractivity contribution >= 4 is 15.7 Å². The van der Waals surface area contributed by atoms with Crippen molar-refractivity contribution in [3.05, 3.63) is 47.8 Å². The summed E-state index contributed by atoms with van der Waals surface area (Å²) in [5, 5.41) is 2.67. The first-order valence-electron chi connectivity index (χ1n) is 8.07. The topological polar surface area (TPSA) is 104 Å². The van der Waals surface area contributed by atoms with Crippen LogP contribution in [0.25, 0.3) is 0 Å². The van der Waals surface area contributed by atoms with Gasteiger partial charge in [0.15, 0.2) is 9.84 Å². The number of pyridine rings is 1. The maximum Gasteiger partial charge on any atom is 0.252 e. The van der Waals surface area contributed by atoms with Crippen LogP contribution in [0.5, 0.6) is 11.5 Å². The molecular formula is C18H22N2O6S. The van der Waals surface area contributed by atoms with Crippen LogP contribution in [0, 0.1) is 0 Å². The van der Waals surface area contributed by atoms with Gasteiger partial charge in [-0.3, -0.25) is 9.78 Å². The molecule has 1 N–H and O–H groups in total. The minimum absolute atomic E-state index is 0.0132. The van der Waals surface area contributed by atoms with E-state index in [1.54, 1.807) is 6.07 Å². The molecule has 0 fully saturated rings. The van der Waals surface area contributed by atoms with Crippen LogP contribution in [-0.4, -0.2) is 53.8 Å². The van der Waals surface area contributed by atoms with E-state index in [4.69, 9.17) is 14.2 Å². The molecule has 8 nitrogen and oxygen atoms in total. The zero-order valence-corrected chi connectivity index (χ0v) is 16.2. The number of rotatable bonds is 9. The Balaban J connectivity index is 2.26. The number of hydrogen-bond acceptors (Lipinski definition) is 7. The number of ether oxygens (including phenoxy) is 3. The third-order valence-electron chi connectivity index (χ3n) is 3.71. The highest BCUT2D eigenvalue weighted by atomic mass is 32.2. The normalized spacial score (nSPS) is 11.1. The molecule has 0 aliphatic rings. The number of amides is 1. The summed E-state index contributed by atoms with van der Waals surface area (Å²) in [6.07, 6.45) is 2.79. The van der Waals surface area contributed by atoms with E-state index in [-0.39, 0.29) is 27.9 Å². The lowest BCUT2D eigenvalue weighted by atomic mass is 10.2. The van der Waals surface area contributed by atoms with E-state index in [2.05, 4.69) is 10.3 Å². The summed E-state index contributed by atoms with van der Waals surface area (Å²) < 4.78 is 40.9. The van der Waals surface area contributed by atoms with Gasteiger partial charge in [0.25, 0.3) is 5.91 Å². The van der Waals surface area contributed by atoms with Gasteiger partial charge in [-0.15, -0.1) is 0 Å². The highest BCUT2D eigenvalue weighted by Crippen LogP contribution is 2.30. The minimum atomic E-state index is -3.75. The molecule has 0 radical (unpaired) electrons. The quantitative estimate of drug-likeness (QED) is 0.642. The van der Waals surface area contributed by atoms with Crippen LogP contribution in [0.3, 0.4) is 0 Å². The first-order valence-corrected chi connectivity index (χ1v) is 9.72. The molecule has 1 heterocycles. The molecule has 0 aliphatic heterocycles. The van der Waals surface area contributed by atoms with E-state index in [1.807, 2.05) is 0 Å². The summed E-state index contributed by atoms with van der Waals surface area (Å²) in [6.45, 7) is 0.724. The standard InChI is InChI=1S/C18H22N2O6S/c1-24-7-6-20-18(21)14-8-13(10-19-11-14)12-27(22,23)17-9-15(25-2)4-5-16(17)26-3/h4-5,8-11H,6-7,12H2,1-3H3,(H,20,21). The van der Waals surface area contributed by atoms with Gasteiger partial charge in [0, 0.05) is 32.1 Å². The van der Waals surface area contributed by atoms with Gasteiger partial charge in [0.05, 0.1) is 32.1 Å². The van der Waals surface area contributed by atoms with Gasteiger partial charge in [-0.1, -0.05) is 0 Å². The third kappa shape index (κ3) is 5.41. The van der Waals surface area contributed by atoms with Crippen LogP contribution < -0.4 is 14.8 Å². The third-order valence-corrected chi connectivity index (χ3v) is 5.41. The predicted octanol–water partition coefficient (Wildman–Crippen LogP) is 1.45. The molecule has 1 aromatic carbocycles. The number of sulfone groups is 1. The van der Waals surface area contributed by atoms with Gasteiger partial charge in [-0.25, -0.2) is 8.42 Å². The average Bonchev–Trinajstić information content (AvgIpc) is 2.67. The number of benzene rings is 1. The molecule has 0 saturated heterocycles. The van der Waals surface area contributed by atoms with E-state index in [0.29, 0.717) is 24.5 Å². The number of nitrogens with zero attached hydrogens (tertiary/aromatic N) is 1. The number of methoxy groups -OCH3 is 3. The molecule has 146 valence electrons. The Labute approximate surface area is 158 Å². The van der Waals surface area contributed by atoms with E-state index >= 15 is 0 Å². The van der Waals surface area contributed by atoms with Gasteiger partial charge in [0.2, 0.25) is 0 Å². The zero-order valence-electron chi connectivity index (χ0n) is 15.4. The molecule has 1 aromatic heterocycles. The van der Waals surface area contributed by atoms with Gasteiger partial charge in [-0.05, 0) is 23.8 Å². The van der Waals surface area contributed by atoms with Gasteiger partial charge in [0.1, 0.15) is 16.4 Å². The molecule has 9 heteroatoms. The second kappa shape index (κ2) is 9.33. The maximum absolute atomic E-state index is 12.9. The van der Waals surface area contributed by atoms with Crippen molar-refractivity contribution in [3.8, 4) is 11.5 Å². The Morgan fingerprint density at radius 1 is 1.11 bits per heavy atom. The van der Waals surface area contributed by atoms with E-state index in [0.717, 1.165) is 0 Å².